The number of esters is 2. The second kappa shape index (κ2) is 4.24. The van der Waals surface area contributed by atoms with E-state index in [2.05, 4.69) is 0 Å². The number of rotatable bonds is 2. The molecule has 0 aromatic carbocycles. The summed E-state index contributed by atoms with van der Waals surface area (Å²) in [5.41, 5.74) is 0.968. The van der Waals surface area contributed by atoms with Crippen molar-refractivity contribution in [3.63, 3.8) is 0 Å². The van der Waals surface area contributed by atoms with E-state index in [9.17, 15) is 9.59 Å². The van der Waals surface area contributed by atoms with Crippen LogP contribution in [-0.4, -0.2) is 24.3 Å². The van der Waals surface area contributed by atoms with Crippen LogP contribution >= 0.6 is 0 Å². The second-order valence-corrected chi connectivity index (χ2v) is 4.23. The standard InChI is InChI=1S/C12H14O5/c1-6-4-10(17-11(6)13)15-5-9-7(2)8(3)16-12(9)14/h4-5,7-8,10H,1-3H3/b9-5+. The highest BCUT2D eigenvalue weighted by molar-refractivity contribution is 5.91. The first-order valence-electron chi connectivity index (χ1n) is 5.45. The van der Waals surface area contributed by atoms with E-state index in [0.29, 0.717) is 11.1 Å². The Morgan fingerprint density at radius 1 is 1.24 bits per heavy atom. The van der Waals surface area contributed by atoms with Crippen LogP contribution in [0.1, 0.15) is 20.8 Å². The van der Waals surface area contributed by atoms with Crippen LogP contribution < -0.4 is 0 Å². The predicted molar refractivity (Wildman–Crippen MR) is 57.5 cm³/mol. The maximum absolute atomic E-state index is 11.4. The molecular formula is C12H14O5. The lowest BCUT2D eigenvalue weighted by atomic mass is 10.0. The summed E-state index contributed by atoms with van der Waals surface area (Å²) in [5.74, 6) is -0.802. The first kappa shape index (κ1) is 11.7. The predicted octanol–water partition coefficient (Wildman–Crippen LogP) is 1.30. The summed E-state index contributed by atoms with van der Waals surface area (Å²) < 4.78 is 15.1. The van der Waals surface area contributed by atoms with E-state index >= 15 is 0 Å². The molecule has 3 atom stereocenters. The first-order chi connectivity index (χ1) is 7.99. The summed E-state index contributed by atoms with van der Waals surface area (Å²) in [6.07, 6.45) is 1.99. The summed E-state index contributed by atoms with van der Waals surface area (Å²) in [6, 6.07) is 0. The van der Waals surface area contributed by atoms with Crippen molar-refractivity contribution in [1.29, 1.82) is 0 Å². The molecule has 2 rings (SSSR count). The molecule has 0 aromatic heterocycles. The third-order valence-corrected chi connectivity index (χ3v) is 2.98. The highest BCUT2D eigenvalue weighted by Gasteiger charge is 2.34. The minimum atomic E-state index is -0.745. The zero-order valence-electron chi connectivity index (χ0n) is 9.93. The zero-order valence-corrected chi connectivity index (χ0v) is 9.93. The van der Waals surface area contributed by atoms with Gasteiger partial charge in [0.25, 0.3) is 6.29 Å². The van der Waals surface area contributed by atoms with Crippen molar-refractivity contribution in [2.24, 2.45) is 5.92 Å². The van der Waals surface area contributed by atoms with Gasteiger partial charge in [0.2, 0.25) is 0 Å². The lowest BCUT2D eigenvalue weighted by molar-refractivity contribution is -0.152. The summed E-state index contributed by atoms with van der Waals surface area (Å²) in [4.78, 5) is 22.5. The largest absolute Gasteiger partial charge is 0.459 e. The number of cyclic esters (lactones) is 2. The molecule has 0 bridgehead atoms. The van der Waals surface area contributed by atoms with Gasteiger partial charge in [-0.15, -0.1) is 0 Å². The number of carbonyl (C=O) groups is 2. The van der Waals surface area contributed by atoms with E-state index in [0.717, 1.165) is 0 Å². The van der Waals surface area contributed by atoms with Crippen molar-refractivity contribution >= 4 is 11.9 Å². The van der Waals surface area contributed by atoms with Crippen LogP contribution in [0.3, 0.4) is 0 Å². The fourth-order valence-electron chi connectivity index (χ4n) is 1.65. The summed E-state index contributed by atoms with van der Waals surface area (Å²) >= 11 is 0. The average Bonchev–Trinajstić information content (AvgIpc) is 2.69. The lowest BCUT2D eigenvalue weighted by Gasteiger charge is -2.09. The van der Waals surface area contributed by atoms with Crippen LogP contribution in [0.5, 0.6) is 0 Å². The maximum Gasteiger partial charge on any atom is 0.337 e. The Labute approximate surface area is 99.0 Å². The van der Waals surface area contributed by atoms with Crippen LogP contribution in [0.2, 0.25) is 0 Å². The monoisotopic (exact) mass is 238 g/mol. The van der Waals surface area contributed by atoms with E-state index in [1.807, 2.05) is 13.8 Å². The van der Waals surface area contributed by atoms with Gasteiger partial charge >= 0.3 is 11.9 Å². The molecule has 0 aliphatic carbocycles. The third kappa shape index (κ3) is 2.18. The molecule has 2 aliphatic rings. The van der Waals surface area contributed by atoms with Crippen molar-refractivity contribution in [3.05, 3.63) is 23.5 Å². The minimum Gasteiger partial charge on any atom is -0.459 e. The van der Waals surface area contributed by atoms with Gasteiger partial charge in [-0.1, -0.05) is 6.92 Å². The van der Waals surface area contributed by atoms with Gasteiger partial charge in [0, 0.05) is 17.6 Å². The van der Waals surface area contributed by atoms with Crippen molar-refractivity contribution in [2.45, 2.75) is 33.2 Å². The quantitative estimate of drug-likeness (QED) is 0.412. The van der Waals surface area contributed by atoms with Gasteiger partial charge in [-0.25, -0.2) is 9.59 Å². The van der Waals surface area contributed by atoms with Crippen molar-refractivity contribution < 1.29 is 23.8 Å². The molecule has 0 N–H and O–H groups in total. The minimum absolute atomic E-state index is 0.0234. The van der Waals surface area contributed by atoms with Crippen LogP contribution in [0.25, 0.3) is 0 Å². The smallest absolute Gasteiger partial charge is 0.337 e. The third-order valence-electron chi connectivity index (χ3n) is 2.98. The van der Waals surface area contributed by atoms with E-state index in [-0.39, 0.29) is 18.0 Å². The van der Waals surface area contributed by atoms with Crippen LogP contribution in [-0.2, 0) is 23.8 Å². The molecule has 0 aromatic rings. The van der Waals surface area contributed by atoms with E-state index in [1.54, 1.807) is 13.0 Å². The van der Waals surface area contributed by atoms with Gasteiger partial charge < -0.3 is 14.2 Å². The zero-order chi connectivity index (χ0) is 12.6. The topological polar surface area (TPSA) is 61.8 Å². The molecular weight excluding hydrogens is 224 g/mol. The van der Waals surface area contributed by atoms with E-state index in [4.69, 9.17) is 14.2 Å². The molecule has 2 heterocycles. The number of carbonyl (C=O) groups excluding carboxylic acids is 2. The highest BCUT2D eigenvalue weighted by Crippen LogP contribution is 2.27. The fraction of sp³-hybridized carbons (Fsp3) is 0.500. The van der Waals surface area contributed by atoms with Gasteiger partial charge in [-0.3, -0.25) is 0 Å². The fourth-order valence-corrected chi connectivity index (χ4v) is 1.65. The molecule has 5 heteroatoms. The molecule has 0 saturated carbocycles. The molecule has 3 unspecified atom stereocenters. The Kier molecular flexibility index (Phi) is 2.92. The van der Waals surface area contributed by atoms with Crippen molar-refractivity contribution in [2.75, 3.05) is 0 Å². The molecule has 0 spiro atoms. The van der Waals surface area contributed by atoms with E-state index in [1.165, 1.54) is 6.26 Å². The highest BCUT2D eigenvalue weighted by atomic mass is 16.7. The number of hydrogen-bond acceptors (Lipinski definition) is 5. The van der Waals surface area contributed by atoms with Crippen LogP contribution in [0, 0.1) is 5.92 Å². The Morgan fingerprint density at radius 2 is 1.94 bits per heavy atom. The van der Waals surface area contributed by atoms with E-state index < -0.39 is 12.3 Å². The van der Waals surface area contributed by atoms with Crippen molar-refractivity contribution in [3.8, 4) is 0 Å². The molecule has 92 valence electrons. The second-order valence-electron chi connectivity index (χ2n) is 4.23. The maximum atomic E-state index is 11.4. The lowest BCUT2D eigenvalue weighted by Crippen LogP contribution is -2.11. The molecule has 17 heavy (non-hydrogen) atoms. The Bertz CT molecular complexity index is 421. The molecule has 0 amide bonds. The average molecular weight is 238 g/mol. The van der Waals surface area contributed by atoms with Gasteiger partial charge in [0.05, 0.1) is 11.8 Å². The van der Waals surface area contributed by atoms with Crippen molar-refractivity contribution in [1.82, 2.24) is 0 Å². The van der Waals surface area contributed by atoms with Crippen LogP contribution in [0.15, 0.2) is 23.5 Å². The normalized spacial score (nSPS) is 34.6. The summed E-state index contributed by atoms with van der Waals surface area (Å²) in [7, 11) is 0. The summed E-state index contributed by atoms with van der Waals surface area (Å²) in [6.45, 7) is 5.35. The molecule has 5 nitrogen and oxygen atoms in total. The Morgan fingerprint density at radius 3 is 2.41 bits per heavy atom. The Hall–Kier alpha value is -1.78. The molecule has 1 fully saturated rings. The van der Waals surface area contributed by atoms with Gasteiger partial charge in [0.15, 0.2) is 0 Å². The molecule has 2 aliphatic heterocycles. The van der Waals surface area contributed by atoms with Gasteiger partial charge in [-0.2, -0.15) is 0 Å². The number of hydrogen-bond donors (Lipinski definition) is 0. The molecule has 0 radical (unpaired) electrons. The van der Waals surface area contributed by atoms with Gasteiger partial charge in [-0.05, 0) is 13.8 Å². The first-order valence-corrected chi connectivity index (χ1v) is 5.45. The molecule has 1 saturated heterocycles. The number of ether oxygens (including phenoxy) is 3. The SMILES string of the molecule is CC1=CC(O/C=C2/C(=O)OC(C)C2C)OC1=O. The van der Waals surface area contributed by atoms with Gasteiger partial charge in [0.1, 0.15) is 6.10 Å². The Balaban J connectivity index is 2.02. The summed E-state index contributed by atoms with van der Waals surface area (Å²) in [5, 5.41) is 0. The van der Waals surface area contributed by atoms with Crippen LogP contribution in [0.4, 0.5) is 0 Å².